The lowest BCUT2D eigenvalue weighted by Crippen LogP contribution is -2.34. The van der Waals surface area contributed by atoms with Crippen LogP contribution in [0.2, 0.25) is 0 Å². The number of hydrogen-bond acceptors (Lipinski definition) is 6. The van der Waals surface area contributed by atoms with Gasteiger partial charge in [0.25, 0.3) is 0 Å². The number of benzene rings is 2. The van der Waals surface area contributed by atoms with Crippen molar-refractivity contribution in [2.75, 3.05) is 27.4 Å². The first kappa shape index (κ1) is 21.9. The summed E-state index contributed by atoms with van der Waals surface area (Å²) >= 11 is 0. The number of fused-ring (bicyclic) bond motifs is 2. The lowest BCUT2D eigenvalue weighted by Gasteiger charge is -2.25. The first-order valence-electron chi connectivity index (χ1n) is 9.12. The van der Waals surface area contributed by atoms with Crippen LogP contribution in [0.3, 0.4) is 0 Å². The normalized spacial score (nSPS) is 19.3. The fraction of sp³-hybridized carbons (Fsp3) is 0.455. The summed E-state index contributed by atoms with van der Waals surface area (Å²) in [4.78, 5) is 0. The lowest BCUT2D eigenvalue weighted by atomic mass is 9.98. The zero-order chi connectivity index (χ0) is 19.4. The highest BCUT2D eigenvalue weighted by Crippen LogP contribution is 2.36. The van der Waals surface area contributed by atoms with Crippen LogP contribution in [0, 0.1) is 6.92 Å². The van der Waals surface area contributed by atoms with Crippen LogP contribution in [0.4, 0.5) is 0 Å². The minimum atomic E-state index is 0. The molecule has 0 aromatic heterocycles. The molecule has 6 nitrogen and oxygen atoms in total. The summed E-state index contributed by atoms with van der Waals surface area (Å²) in [6.45, 7) is 3.22. The van der Waals surface area contributed by atoms with E-state index in [0.29, 0.717) is 13.2 Å². The minimum absolute atomic E-state index is 0. The third-order valence-electron chi connectivity index (χ3n) is 4.79. The molecule has 0 radical (unpaired) electrons. The van der Waals surface area contributed by atoms with Gasteiger partial charge in [-0.25, -0.2) is 0 Å². The Labute approximate surface area is 167 Å². The Kier molecular flexibility index (Phi) is 7.54. The molecular weight excluding hydrogens is 356 g/mol. The Hall–Kier alpha value is -2.44. The molecule has 0 spiro atoms. The Morgan fingerprint density at radius 2 is 1.46 bits per heavy atom. The zero-order valence-electron chi connectivity index (χ0n) is 16.2. The van der Waals surface area contributed by atoms with Crippen LogP contribution >= 0.6 is 0 Å². The van der Waals surface area contributed by atoms with Gasteiger partial charge in [0.2, 0.25) is 0 Å². The van der Waals surface area contributed by atoms with Crippen molar-refractivity contribution < 1.29 is 18.9 Å². The smallest absolute Gasteiger partial charge is 0.164 e. The quantitative estimate of drug-likeness (QED) is 0.822. The highest BCUT2D eigenvalue weighted by Gasteiger charge is 2.22. The standard InChI is InChI=1S/C11H15NO2.C10H13NO2.CH4/c1-7-3-4-10(13-2)11-9(7)5-8(12)6-14-11;1-12-9-4-2-3-7-5-8(11)6-13-10(7)9;/h3-4,8H,5-6,12H2,1-2H3;2-4,8H,5-6,11H2,1H3;1H4. The van der Waals surface area contributed by atoms with E-state index in [9.17, 15) is 0 Å². The summed E-state index contributed by atoms with van der Waals surface area (Å²) in [5.74, 6) is 3.32. The maximum atomic E-state index is 5.84. The van der Waals surface area contributed by atoms with E-state index in [1.54, 1.807) is 14.2 Å². The average molecular weight is 389 g/mol. The van der Waals surface area contributed by atoms with Crippen molar-refractivity contribution in [1.82, 2.24) is 0 Å². The molecule has 2 atom stereocenters. The molecule has 2 heterocycles. The first-order chi connectivity index (χ1) is 13.0. The number of para-hydroxylation sites is 1. The third-order valence-corrected chi connectivity index (χ3v) is 4.79. The molecule has 2 aromatic rings. The Morgan fingerprint density at radius 1 is 0.857 bits per heavy atom. The van der Waals surface area contributed by atoms with E-state index >= 15 is 0 Å². The van der Waals surface area contributed by atoms with Crippen LogP contribution in [0.5, 0.6) is 23.0 Å². The summed E-state index contributed by atoms with van der Waals surface area (Å²) in [5, 5.41) is 0. The SMILES string of the molecule is C.COc1ccc(C)c2c1OCC(N)C2.COc1cccc2c1OCC(N)C2. The number of rotatable bonds is 2. The molecule has 2 aliphatic rings. The molecule has 0 amide bonds. The van der Waals surface area contributed by atoms with Gasteiger partial charge in [0.05, 0.1) is 14.2 Å². The van der Waals surface area contributed by atoms with E-state index in [-0.39, 0.29) is 19.5 Å². The van der Waals surface area contributed by atoms with Crippen molar-refractivity contribution in [3.63, 3.8) is 0 Å². The number of ether oxygens (including phenoxy) is 4. The molecule has 0 saturated carbocycles. The van der Waals surface area contributed by atoms with Crippen LogP contribution in [-0.2, 0) is 12.8 Å². The predicted molar refractivity (Wildman–Crippen MR) is 112 cm³/mol. The van der Waals surface area contributed by atoms with Gasteiger partial charge in [-0.2, -0.15) is 0 Å². The minimum Gasteiger partial charge on any atom is -0.493 e. The van der Waals surface area contributed by atoms with Gasteiger partial charge in [-0.05, 0) is 43.0 Å². The van der Waals surface area contributed by atoms with E-state index in [1.807, 2.05) is 30.3 Å². The van der Waals surface area contributed by atoms with Crippen molar-refractivity contribution in [2.24, 2.45) is 11.5 Å². The Morgan fingerprint density at radius 3 is 2.14 bits per heavy atom. The van der Waals surface area contributed by atoms with E-state index < -0.39 is 0 Å². The topological polar surface area (TPSA) is 89.0 Å². The predicted octanol–water partition coefficient (Wildman–Crippen LogP) is 2.86. The fourth-order valence-corrected chi connectivity index (χ4v) is 3.37. The van der Waals surface area contributed by atoms with E-state index in [1.165, 1.54) is 11.1 Å². The van der Waals surface area contributed by atoms with Crippen LogP contribution in [0.25, 0.3) is 0 Å². The second kappa shape index (κ2) is 9.66. The largest absolute Gasteiger partial charge is 0.493 e. The third kappa shape index (κ3) is 4.69. The number of methoxy groups -OCH3 is 2. The van der Waals surface area contributed by atoms with Crippen molar-refractivity contribution in [3.05, 3.63) is 47.0 Å². The highest BCUT2D eigenvalue weighted by atomic mass is 16.5. The highest BCUT2D eigenvalue weighted by molar-refractivity contribution is 5.52. The summed E-state index contributed by atoms with van der Waals surface area (Å²) in [6.07, 6.45) is 1.74. The summed E-state index contributed by atoms with van der Waals surface area (Å²) < 4.78 is 21.5. The average Bonchev–Trinajstić information content (AvgIpc) is 2.68. The van der Waals surface area contributed by atoms with Gasteiger partial charge in [-0.3, -0.25) is 0 Å². The molecule has 0 bridgehead atoms. The molecule has 6 heteroatoms. The molecule has 154 valence electrons. The maximum absolute atomic E-state index is 5.84. The summed E-state index contributed by atoms with van der Waals surface area (Å²) in [7, 11) is 3.30. The Bertz CT molecular complexity index is 794. The Balaban J connectivity index is 0.000000194. The van der Waals surface area contributed by atoms with Crippen molar-refractivity contribution in [3.8, 4) is 23.0 Å². The van der Waals surface area contributed by atoms with Gasteiger partial charge in [0.1, 0.15) is 13.2 Å². The van der Waals surface area contributed by atoms with Gasteiger partial charge in [0.15, 0.2) is 23.0 Å². The zero-order valence-corrected chi connectivity index (χ0v) is 16.2. The molecule has 2 unspecified atom stereocenters. The molecule has 0 fully saturated rings. The van der Waals surface area contributed by atoms with Gasteiger partial charge < -0.3 is 30.4 Å². The monoisotopic (exact) mass is 388 g/mol. The van der Waals surface area contributed by atoms with Crippen LogP contribution in [-0.4, -0.2) is 39.5 Å². The first-order valence-corrected chi connectivity index (χ1v) is 9.12. The maximum Gasteiger partial charge on any atom is 0.164 e. The molecule has 2 aliphatic heterocycles. The molecule has 4 rings (SSSR count). The molecule has 4 N–H and O–H groups in total. The van der Waals surface area contributed by atoms with Crippen molar-refractivity contribution in [1.29, 1.82) is 0 Å². The van der Waals surface area contributed by atoms with Crippen LogP contribution in [0.15, 0.2) is 30.3 Å². The summed E-state index contributed by atoms with van der Waals surface area (Å²) in [6, 6.07) is 10.1. The van der Waals surface area contributed by atoms with Crippen molar-refractivity contribution >= 4 is 0 Å². The van der Waals surface area contributed by atoms with Gasteiger partial charge in [-0.15, -0.1) is 0 Å². The molecule has 2 aromatic carbocycles. The lowest BCUT2D eigenvalue weighted by molar-refractivity contribution is 0.248. The van der Waals surface area contributed by atoms with E-state index in [2.05, 4.69) is 6.92 Å². The molecule has 28 heavy (non-hydrogen) atoms. The van der Waals surface area contributed by atoms with Crippen LogP contribution < -0.4 is 30.4 Å². The van der Waals surface area contributed by atoms with Crippen molar-refractivity contribution in [2.45, 2.75) is 39.3 Å². The second-order valence-electron chi connectivity index (χ2n) is 6.89. The molecule has 0 saturated heterocycles. The summed E-state index contributed by atoms with van der Waals surface area (Å²) in [5.41, 5.74) is 15.2. The van der Waals surface area contributed by atoms with E-state index in [4.69, 9.17) is 30.4 Å². The number of aryl methyl sites for hydroxylation is 1. The fourth-order valence-electron chi connectivity index (χ4n) is 3.37. The van der Waals surface area contributed by atoms with Gasteiger partial charge in [-0.1, -0.05) is 25.6 Å². The molecule has 0 aliphatic carbocycles. The van der Waals surface area contributed by atoms with Gasteiger partial charge >= 0.3 is 0 Å². The van der Waals surface area contributed by atoms with Gasteiger partial charge in [0, 0.05) is 17.6 Å². The number of nitrogens with two attached hydrogens (primary N) is 2. The number of hydrogen-bond donors (Lipinski definition) is 2. The van der Waals surface area contributed by atoms with E-state index in [0.717, 1.165) is 41.4 Å². The second-order valence-corrected chi connectivity index (χ2v) is 6.89. The molecular formula is C22H32N2O4. The van der Waals surface area contributed by atoms with Crippen LogP contribution in [0.1, 0.15) is 24.1 Å².